The molecule has 0 aromatic carbocycles. The summed E-state index contributed by atoms with van der Waals surface area (Å²) in [5, 5.41) is 20.9. The monoisotopic (exact) mass is 159 g/mol. The molecule has 1 aliphatic heterocycles. The summed E-state index contributed by atoms with van der Waals surface area (Å²) in [6, 6.07) is 0. The van der Waals surface area contributed by atoms with Crippen molar-refractivity contribution < 1.29 is 9.75 Å². The number of hydroxylamine groups is 3. The van der Waals surface area contributed by atoms with Gasteiger partial charge < -0.3 is 15.0 Å². The largest absolute Gasteiger partial charge is 0.633 e. The molecule has 3 atom stereocenters. The van der Waals surface area contributed by atoms with Gasteiger partial charge in [-0.2, -0.15) is 0 Å². The molecule has 0 aromatic heterocycles. The summed E-state index contributed by atoms with van der Waals surface area (Å²) < 4.78 is -0.266. The molecule has 11 heavy (non-hydrogen) atoms. The van der Waals surface area contributed by atoms with Crippen molar-refractivity contribution in [1.82, 2.24) is 0 Å². The smallest absolute Gasteiger partial charge is 0.106 e. The molecule has 1 aliphatic rings. The quantitative estimate of drug-likeness (QED) is 0.452. The summed E-state index contributed by atoms with van der Waals surface area (Å²) in [6.45, 7) is 3.10. The number of hydrogen-bond acceptors (Lipinski definition) is 2. The first-order valence-electron chi connectivity index (χ1n) is 4.29. The summed E-state index contributed by atoms with van der Waals surface area (Å²) in [7, 11) is 1.63. The van der Waals surface area contributed by atoms with Gasteiger partial charge in [-0.25, -0.2) is 0 Å². The fourth-order valence-electron chi connectivity index (χ4n) is 1.74. The number of likely N-dealkylation sites (N-methyl/N-ethyl adjacent to an activating group) is 1. The molecule has 1 saturated heterocycles. The molecular formula is C8H17NO2. The van der Waals surface area contributed by atoms with Gasteiger partial charge in [-0.3, -0.25) is 0 Å². The van der Waals surface area contributed by atoms with Crippen LogP contribution in [0.15, 0.2) is 0 Å². The predicted octanol–water partition coefficient (Wildman–Crippen LogP) is 0.722. The molecule has 0 radical (unpaired) electrons. The Morgan fingerprint density at radius 2 is 2.27 bits per heavy atom. The molecule has 0 aliphatic carbocycles. The summed E-state index contributed by atoms with van der Waals surface area (Å²) >= 11 is 0. The van der Waals surface area contributed by atoms with Crippen LogP contribution < -0.4 is 0 Å². The first kappa shape index (κ1) is 8.97. The van der Waals surface area contributed by atoms with Crippen molar-refractivity contribution in [2.45, 2.75) is 25.9 Å². The maximum atomic E-state index is 11.4. The van der Waals surface area contributed by atoms with E-state index in [0.717, 1.165) is 12.8 Å². The number of piperidine rings is 1. The van der Waals surface area contributed by atoms with Crippen molar-refractivity contribution in [1.29, 1.82) is 0 Å². The van der Waals surface area contributed by atoms with Crippen LogP contribution >= 0.6 is 0 Å². The van der Waals surface area contributed by atoms with E-state index in [1.54, 1.807) is 7.05 Å². The molecule has 3 nitrogen and oxygen atoms in total. The minimum Gasteiger partial charge on any atom is -0.633 e. The van der Waals surface area contributed by atoms with E-state index in [-0.39, 0.29) is 10.8 Å². The maximum Gasteiger partial charge on any atom is 0.106 e. The van der Waals surface area contributed by atoms with Crippen molar-refractivity contribution in [2.24, 2.45) is 5.92 Å². The molecule has 3 heteroatoms. The molecule has 66 valence electrons. The summed E-state index contributed by atoms with van der Waals surface area (Å²) in [6.07, 6.45) is 1.48. The van der Waals surface area contributed by atoms with E-state index in [1.165, 1.54) is 0 Å². The molecule has 0 spiro atoms. The topological polar surface area (TPSA) is 43.3 Å². The number of hydrogen-bond donors (Lipinski definition) is 1. The third kappa shape index (κ3) is 2.15. The zero-order valence-electron chi connectivity index (χ0n) is 7.29. The Balaban J connectivity index is 2.48. The molecule has 0 bridgehead atoms. The third-order valence-corrected chi connectivity index (χ3v) is 2.61. The second kappa shape index (κ2) is 3.09. The Morgan fingerprint density at radius 1 is 1.64 bits per heavy atom. The van der Waals surface area contributed by atoms with E-state index in [1.807, 2.05) is 0 Å². The van der Waals surface area contributed by atoms with Crippen LogP contribution in [-0.2, 0) is 0 Å². The maximum absolute atomic E-state index is 11.4. The average Bonchev–Trinajstić information content (AvgIpc) is 1.86. The molecule has 3 unspecified atom stereocenters. The van der Waals surface area contributed by atoms with Crippen LogP contribution in [-0.4, -0.2) is 36.0 Å². The third-order valence-electron chi connectivity index (χ3n) is 2.61. The standard InChI is InChI=1S/C8H17NO2/c1-3-7-4-5-9(2,11)6-8(7)10/h7-8,10H,3-6H2,1-2H3. The van der Waals surface area contributed by atoms with Gasteiger partial charge in [0.05, 0.1) is 13.6 Å². The average molecular weight is 159 g/mol. The highest BCUT2D eigenvalue weighted by atomic mass is 16.5. The van der Waals surface area contributed by atoms with Gasteiger partial charge in [-0.15, -0.1) is 0 Å². The van der Waals surface area contributed by atoms with E-state index in [4.69, 9.17) is 0 Å². The van der Waals surface area contributed by atoms with Gasteiger partial charge in [0.2, 0.25) is 0 Å². The first-order chi connectivity index (χ1) is 5.05. The van der Waals surface area contributed by atoms with Crippen LogP contribution in [0.3, 0.4) is 0 Å². The molecular weight excluding hydrogens is 142 g/mol. The molecule has 0 aromatic rings. The van der Waals surface area contributed by atoms with Crippen molar-refractivity contribution in [3.8, 4) is 0 Å². The van der Waals surface area contributed by atoms with Crippen LogP contribution in [0, 0.1) is 11.1 Å². The summed E-state index contributed by atoms with van der Waals surface area (Å²) in [5.74, 6) is 0.357. The number of aliphatic hydroxyl groups excluding tert-OH is 1. The second-order valence-corrected chi connectivity index (χ2v) is 3.73. The van der Waals surface area contributed by atoms with Gasteiger partial charge in [0.25, 0.3) is 0 Å². The number of likely N-dealkylation sites (tertiary alicyclic amines) is 1. The Bertz CT molecular complexity index is 136. The lowest BCUT2D eigenvalue weighted by atomic mass is 9.92. The zero-order valence-corrected chi connectivity index (χ0v) is 7.29. The first-order valence-corrected chi connectivity index (χ1v) is 4.29. The minimum atomic E-state index is -0.378. The van der Waals surface area contributed by atoms with Crippen LogP contribution in [0.5, 0.6) is 0 Å². The number of quaternary nitrogens is 1. The highest BCUT2D eigenvalue weighted by Gasteiger charge is 2.30. The lowest BCUT2D eigenvalue weighted by Crippen LogP contribution is -2.51. The van der Waals surface area contributed by atoms with Crippen molar-refractivity contribution in [3.63, 3.8) is 0 Å². The lowest BCUT2D eigenvalue weighted by Gasteiger charge is -2.46. The molecule has 1 fully saturated rings. The van der Waals surface area contributed by atoms with E-state index in [2.05, 4.69) is 6.92 Å². The normalized spacial score (nSPS) is 45.8. The molecule has 0 saturated carbocycles. The Hall–Kier alpha value is -0.120. The highest BCUT2D eigenvalue weighted by Crippen LogP contribution is 2.23. The van der Waals surface area contributed by atoms with Gasteiger partial charge in [0, 0.05) is 6.42 Å². The van der Waals surface area contributed by atoms with Gasteiger partial charge >= 0.3 is 0 Å². The number of rotatable bonds is 1. The zero-order chi connectivity index (χ0) is 8.48. The SMILES string of the molecule is CCC1CC[N+](C)([O-])CC1O. The lowest BCUT2D eigenvalue weighted by molar-refractivity contribution is -0.871. The Morgan fingerprint density at radius 3 is 2.73 bits per heavy atom. The molecule has 1 heterocycles. The van der Waals surface area contributed by atoms with Crippen molar-refractivity contribution >= 4 is 0 Å². The van der Waals surface area contributed by atoms with Gasteiger partial charge in [0.15, 0.2) is 0 Å². The van der Waals surface area contributed by atoms with Gasteiger partial charge in [0.1, 0.15) is 12.6 Å². The van der Waals surface area contributed by atoms with Crippen LogP contribution in [0.4, 0.5) is 0 Å². The fraction of sp³-hybridized carbons (Fsp3) is 1.00. The minimum absolute atomic E-state index is 0.266. The number of nitrogens with zero attached hydrogens (tertiary/aromatic N) is 1. The highest BCUT2D eigenvalue weighted by molar-refractivity contribution is 4.72. The van der Waals surface area contributed by atoms with Gasteiger partial charge in [-0.05, 0) is 5.92 Å². The molecule has 1 rings (SSSR count). The van der Waals surface area contributed by atoms with Crippen LogP contribution in [0.2, 0.25) is 0 Å². The van der Waals surface area contributed by atoms with Gasteiger partial charge in [-0.1, -0.05) is 13.3 Å². The predicted molar refractivity (Wildman–Crippen MR) is 43.7 cm³/mol. The number of aliphatic hydroxyl groups is 1. The van der Waals surface area contributed by atoms with Crippen LogP contribution in [0.1, 0.15) is 19.8 Å². The van der Waals surface area contributed by atoms with Crippen molar-refractivity contribution in [2.75, 3.05) is 20.1 Å². The second-order valence-electron chi connectivity index (χ2n) is 3.73. The molecule has 0 amide bonds. The summed E-state index contributed by atoms with van der Waals surface area (Å²) in [5.41, 5.74) is 0. The van der Waals surface area contributed by atoms with E-state index >= 15 is 0 Å². The van der Waals surface area contributed by atoms with E-state index in [9.17, 15) is 10.3 Å². The van der Waals surface area contributed by atoms with Crippen LogP contribution in [0.25, 0.3) is 0 Å². The Labute approximate surface area is 67.8 Å². The van der Waals surface area contributed by atoms with Crippen molar-refractivity contribution in [3.05, 3.63) is 5.21 Å². The van der Waals surface area contributed by atoms with E-state index < -0.39 is 0 Å². The Kier molecular flexibility index (Phi) is 2.52. The fourth-order valence-corrected chi connectivity index (χ4v) is 1.74. The summed E-state index contributed by atoms with van der Waals surface area (Å²) in [4.78, 5) is 0. The molecule has 1 N–H and O–H groups in total. The van der Waals surface area contributed by atoms with E-state index in [0.29, 0.717) is 19.0 Å².